The Labute approximate surface area is 140 Å². The fourth-order valence-corrected chi connectivity index (χ4v) is 2.13. The lowest BCUT2D eigenvalue weighted by atomic mass is 10.3. The van der Waals surface area contributed by atoms with Gasteiger partial charge in [-0.05, 0) is 26.0 Å². The van der Waals surface area contributed by atoms with Crippen molar-refractivity contribution in [1.29, 1.82) is 0 Å². The maximum atomic E-state index is 11.6. The molecule has 0 atom stereocenters. The molecule has 20 heavy (non-hydrogen) atoms. The number of alkyl halides is 2. The number of ether oxygens (including phenoxy) is 1. The predicted octanol–water partition coefficient (Wildman–Crippen LogP) is 5.81. The highest BCUT2D eigenvalue weighted by Crippen LogP contribution is 2.37. The van der Waals surface area contributed by atoms with E-state index in [1.807, 2.05) is 0 Å². The summed E-state index contributed by atoms with van der Waals surface area (Å²) in [5, 5.41) is 7.81. The summed E-state index contributed by atoms with van der Waals surface area (Å²) in [4.78, 5) is 11.6. The fraction of sp³-hybridized carbons (Fsp3) is 0.364. The Hall–Kier alpha value is -0.260. The second kappa shape index (κ2) is 7.14. The van der Waals surface area contributed by atoms with Crippen molar-refractivity contribution in [3.63, 3.8) is 0 Å². The number of hydrogen-bond acceptors (Lipinski definition) is 4. The summed E-state index contributed by atoms with van der Waals surface area (Å²) in [5.41, 5.74) is 0.0979. The van der Waals surface area contributed by atoms with Crippen LogP contribution in [-0.4, -0.2) is 16.5 Å². The van der Waals surface area contributed by atoms with Gasteiger partial charge in [-0.1, -0.05) is 58.0 Å². The Morgan fingerprint density at radius 2 is 1.70 bits per heavy atom. The van der Waals surface area contributed by atoms with Crippen molar-refractivity contribution in [1.82, 2.24) is 0 Å². The molecular weight excluding hydrogens is 369 g/mol. The van der Waals surface area contributed by atoms with Gasteiger partial charge in [-0.15, -0.1) is 10.2 Å². The van der Waals surface area contributed by atoms with Crippen molar-refractivity contribution in [2.24, 2.45) is 10.2 Å². The Morgan fingerprint density at radius 1 is 1.20 bits per heavy atom. The molecule has 0 bridgehead atoms. The van der Waals surface area contributed by atoms with Crippen LogP contribution < -0.4 is 0 Å². The average Bonchev–Trinajstić information content (AvgIpc) is 2.26. The summed E-state index contributed by atoms with van der Waals surface area (Å²) >= 11 is 29.0. The molecule has 4 nitrogen and oxygen atoms in total. The quantitative estimate of drug-likeness (QED) is 0.287. The minimum atomic E-state index is -2.18. The number of carbonyl (C=O) groups excluding carboxylic acids is 1. The van der Waals surface area contributed by atoms with Crippen LogP contribution in [0.1, 0.15) is 13.8 Å². The maximum Gasteiger partial charge on any atom is 0.368 e. The second-order valence-electron chi connectivity index (χ2n) is 3.91. The van der Waals surface area contributed by atoms with Gasteiger partial charge >= 0.3 is 10.4 Å². The van der Waals surface area contributed by atoms with Gasteiger partial charge in [0, 0.05) is 5.02 Å². The van der Waals surface area contributed by atoms with Gasteiger partial charge in [-0.25, -0.2) is 4.79 Å². The largest absolute Gasteiger partial charge is 0.459 e. The number of rotatable bonds is 4. The number of nitrogens with zero attached hydrogens (tertiary/aromatic N) is 2. The van der Waals surface area contributed by atoms with Crippen LogP contribution in [0.3, 0.4) is 0 Å². The number of azo groups is 1. The molecule has 0 amide bonds. The summed E-state index contributed by atoms with van der Waals surface area (Å²) in [5.74, 6) is -0.944. The molecule has 0 fully saturated rings. The van der Waals surface area contributed by atoms with Crippen molar-refractivity contribution in [2.75, 3.05) is 0 Å². The first kappa shape index (κ1) is 17.8. The number of carbonyl (C=O) groups is 1. The van der Waals surface area contributed by atoms with Gasteiger partial charge in [-0.3, -0.25) is 0 Å². The van der Waals surface area contributed by atoms with Gasteiger partial charge in [0.2, 0.25) is 0 Å². The minimum absolute atomic E-state index is 0.0979. The van der Waals surface area contributed by atoms with E-state index in [-0.39, 0.29) is 15.7 Å². The Balaban J connectivity index is 3.00. The lowest BCUT2D eigenvalue weighted by molar-refractivity contribution is -0.148. The zero-order chi connectivity index (χ0) is 15.5. The Bertz CT molecular complexity index is 523. The van der Waals surface area contributed by atoms with E-state index in [4.69, 9.17) is 62.7 Å². The molecule has 1 aromatic rings. The highest BCUT2D eigenvalue weighted by atomic mass is 35.5. The molecular formula is C11H9Cl5N2O2. The van der Waals surface area contributed by atoms with Gasteiger partial charge < -0.3 is 4.74 Å². The molecule has 0 spiro atoms. The van der Waals surface area contributed by atoms with E-state index in [0.717, 1.165) is 0 Å². The van der Waals surface area contributed by atoms with Crippen LogP contribution >= 0.6 is 58.0 Å². The van der Waals surface area contributed by atoms with Crippen molar-refractivity contribution in [2.45, 2.75) is 24.4 Å². The molecule has 0 saturated carbocycles. The lowest BCUT2D eigenvalue weighted by Crippen LogP contribution is -2.28. The highest BCUT2D eigenvalue weighted by Gasteiger charge is 2.36. The molecule has 0 N–H and O–H groups in total. The smallest absolute Gasteiger partial charge is 0.368 e. The minimum Gasteiger partial charge on any atom is -0.459 e. The summed E-state index contributed by atoms with van der Waals surface area (Å²) in [6.45, 7) is 3.29. The normalized spacial score (nSPS) is 12.2. The summed E-state index contributed by atoms with van der Waals surface area (Å²) in [6, 6.07) is 2.83. The van der Waals surface area contributed by atoms with E-state index in [1.165, 1.54) is 12.1 Å². The third kappa shape index (κ3) is 4.93. The lowest BCUT2D eigenvalue weighted by Gasteiger charge is -2.14. The first-order chi connectivity index (χ1) is 9.13. The molecule has 0 saturated heterocycles. The molecule has 1 rings (SSSR count). The molecule has 110 valence electrons. The highest BCUT2D eigenvalue weighted by molar-refractivity contribution is 6.57. The van der Waals surface area contributed by atoms with E-state index in [2.05, 4.69) is 10.2 Å². The summed E-state index contributed by atoms with van der Waals surface area (Å²) in [7, 11) is 0. The SMILES string of the molecule is CC(C)OC(=O)C(Cl)(Cl)N=Nc1c(Cl)cc(Cl)cc1Cl. The van der Waals surface area contributed by atoms with Gasteiger partial charge in [0.25, 0.3) is 0 Å². The first-order valence-electron chi connectivity index (χ1n) is 5.30. The van der Waals surface area contributed by atoms with Crippen molar-refractivity contribution in [3.8, 4) is 0 Å². The summed E-state index contributed by atoms with van der Waals surface area (Å²) in [6.07, 6.45) is -0.391. The Kier molecular flexibility index (Phi) is 6.35. The molecule has 0 aromatic heterocycles. The average molecular weight is 378 g/mol. The van der Waals surface area contributed by atoms with E-state index in [0.29, 0.717) is 5.02 Å². The molecule has 9 heteroatoms. The molecule has 0 radical (unpaired) electrons. The van der Waals surface area contributed by atoms with Crippen LogP contribution in [0.2, 0.25) is 15.1 Å². The van der Waals surface area contributed by atoms with Crippen LogP contribution in [0.4, 0.5) is 5.69 Å². The third-order valence-electron chi connectivity index (χ3n) is 1.85. The molecule has 0 aliphatic carbocycles. The molecule has 1 aromatic carbocycles. The van der Waals surface area contributed by atoms with E-state index < -0.39 is 16.5 Å². The maximum absolute atomic E-state index is 11.6. The number of hydrogen-bond donors (Lipinski definition) is 0. The molecule has 0 unspecified atom stereocenters. The van der Waals surface area contributed by atoms with Crippen LogP contribution in [0.5, 0.6) is 0 Å². The first-order valence-corrected chi connectivity index (χ1v) is 7.19. The monoisotopic (exact) mass is 376 g/mol. The van der Waals surface area contributed by atoms with Gasteiger partial charge in [0.1, 0.15) is 5.69 Å². The van der Waals surface area contributed by atoms with Crippen molar-refractivity contribution >= 4 is 69.7 Å². The fourth-order valence-electron chi connectivity index (χ4n) is 1.07. The topological polar surface area (TPSA) is 51.0 Å². The second-order valence-corrected chi connectivity index (χ2v) is 6.45. The summed E-state index contributed by atoms with van der Waals surface area (Å²) < 4.78 is 2.66. The van der Waals surface area contributed by atoms with Gasteiger partial charge in [-0.2, -0.15) is 0 Å². The van der Waals surface area contributed by atoms with Crippen LogP contribution in [-0.2, 0) is 9.53 Å². The Morgan fingerprint density at radius 3 is 2.15 bits per heavy atom. The van der Waals surface area contributed by atoms with Crippen LogP contribution in [0.25, 0.3) is 0 Å². The number of benzene rings is 1. The predicted molar refractivity (Wildman–Crippen MR) is 81.7 cm³/mol. The number of halogens is 5. The van der Waals surface area contributed by atoms with Gasteiger partial charge in [0.15, 0.2) is 0 Å². The van der Waals surface area contributed by atoms with Crippen molar-refractivity contribution in [3.05, 3.63) is 27.2 Å². The molecule has 0 heterocycles. The molecule has 0 aliphatic rings. The standard InChI is InChI=1S/C11H9Cl5N2O2/c1-5(2)20-10(19)11(15,16)18-17-9-7(13)3-6(12)4-8(9)14/h3-5H,1-2H3. The van der Waals surface area contributed by atoms with E-state index in [1.54, 1.807) is 13.8 Å². The molecule has 0 aliphatic heterocycles. The van der Waals surface area contributed by atoms with Crippen LogP contribution in [0, 0.1) is 0 Å². The van der Waals surface area contributed by atoms with Crippen LogP contribution in [0.15, 0.2) is 22.4 Å². The van der Waals surface area contributed by atoms with E-state index in [9.17, 15) is 4.79 Å². The van der Waals surface area contributed by atoms with Gasteiger partial charge in [0.05, 0.1) is 16.1 Å². The zero-order valence-electron chi connectivity index (χ0n) is 10.3. The number of esters is 1. The van der Waals surface area contributed by atoms with E-state index >= 15 is 0 Å². The third-order valence-corrected chi connectivity index (χ3v) is 3.10. The van der Waals surface area contributed by atoms with Crippen molar-refractivity contribution < 1.29 is 9.53 Å². The zero-order valence-corrected chi connectivity index (χ0v) is 14.1.